The third-order valence-electron chi connectivity index (χ3n) is 3.73. The van der Waals surface area contributed by atoms with Crippen LogP contribution in [0.25, 0.3) is 0 Å². The van der Waals surface area contributed by atoms with Gasteiger partial charge < -0.3 is 15.2 Å². The molecule has 1 atom stereocenters. The highest BCUT2D eigenvalue weighted by molar-refractivity contribution is 5.75. The lowest BCUT2D eigenvalue weighted by Crippen LogP contribution is -2.33. The molecular formula is C17H23N3O3. The van der Waals surface area contributed by atoms with E-state index in [0.717, 1.165) is 28.3 Å². The van der Waals surface area contributed by atoms with Crippen molar-refractivity contribution in [2.24, 2.45) is 5.73 Å². The summed E-state index contributed by atoms with van der Waals surface area (Å²) in [6.07, 6.45) is 0.417. The SMILES string of the molecule is COC(=O)C(N)Cc1ccc(OC)c(Cn2nc(C)cc2C)c1. The molecule has 124 valence electrons. The molecule has 1 aromatic heterocycles. The molecule has 0 aliphatic heterocycles. The Hall–Kier alpha value is -2.34. The highest BCUT2D eigenvalue weighted by Gasteiger charge is 2.16. The van der Waals surface area contributed by atoms with Crippen LogP contribution in [0.5, 0.6) is 5.75 Å². The summed E-state index contributed by atoms with van der Waals surface area (Å²) in [6.45, 7) is 4.58. The van der Waals surface area contributed by atoms with Gasteiger partial charge in [-0.05, 0) is 38.0 Å². The lowest BCUT2D eigenvalue weighted by molar-refractivity contribution is -0.142. The maximum atomic E-state index is 11.5. The molecule has 6 heteroatoms. The number of ether oxygens (including phenoxy) is 2. The van der Waals surface area contributed by atoms with Gasteiger partial charge in [-0.15, -0.1) is 0 Å². The Morgan fingerprint density at radius 1 is 1.30 bits per heavy atom. The highest BCUT2D eigenvalue weighted by Crippen LogP contribution is 2.22. The van der Waals surface area contributed by atoms with Gasteiger partial charge in [0, 0.05) is 11.3 Å². The van der Waals surface area contributed by atoms with Crippen LogP contribution in [0.3, 0.4) is 0 Å². The van der Waals surface area contributed by atoms with E-state index < -0.39 is 12.0 Å². The fourth-order valence-electron chi connectivity index (χ4n) is 2.57. The van der Waals surface area contributed by atoms with Crippen molar-refractivity contribution in [3.63, 3.8) is 0 Å². The minimum atomic E-state index is -0.671. The average molecular weight is 317 g/mol. The van der Waals surface area contributed by atoms with Crippen molar-refractivity contribution in [1.82, 2.24) is 9.78 Å². The zero-order chi connectivity index (χ0) is 17.0. The van der Waals surface area contributed by atoms with Gasteiger partial charge in [-0.2, -0.15) is 5.10 Å². The minimum Gasteiger partial charge on any atom is -0.496 e. The topological polar surface area (TPSA) is 79.4 Å². The van der Waals surface area contributed by atoms with Gasteiger partial charge in [-0.25, -0.2) is 0 Å². The van der Waals surface area contributed by atoms with E-state index >= 15 is 0 Å². The molecule has 0 spiro atoms. The van der Waals surface area contributed by atoms with Crippen LogP contribution in [-0.2, 0) is 22.5 Å². The Bertz CT molecular complexity index is 694. The minimum absolute atomic E-state index is 0.416. The Balaban J connectivity index is 2.25. The summed E-state index contributed by atoms with van der Waals surface area (Å²) < 4.78 is 12.0. The molecule has 2 aromatic rings. The van der Waals surface area contributed by atoms with E-state index in [1.54, 1.807) is 7.11 Å². The van der Waals surface area contributed by atoms with Gasteiger partial charge in [-0.1, -0.05) is 12.1 Å². The number of nitrogens with two attached hydrogens (primary N) is 1. The van der Waals surface area contributed by atoms with E-state index in [2.05, 4.69) is 9.84 Å². The Kier molecular flexibility index (Phi) is 5.39. The van der Waals surface area contributed by atoms with Gasteiger partial charge >= 0.3 is 5.97 Å². The highest BCUT2D eigenvalue weighted by atomic mass is 16.5. The first-order valence-electron chi connectivity index (χ1n) is 7.45. The first-order chi connectivity index (χ1) is 10.9. The van der Waals surface area contributed by atoms with Crippen LogP contribution in [-0.4, -0.2) is 36.0 Å². The van der Waals surface area contributed by atoms with Crippen LogP contribution in [0.2, 0.25) is 0 Å². The molecule has 0 aliphatic rings. The molecule has 1 unspecified atom stereocenters. The van der Waals surface area contributed by atoms with Crippen molar-refractivity contribution >= 4 is 5.97 Å². The third kappa shape index (κ3) is 4.10. The molecule has 0 saturated heterocycles. The maximum Gasteiger partial charge on any atom is 0.322 e. The predicted molar refractivity (Wildman–Crippen MR) is 87.5 cm³/mol. The summed E-state index contributed by atoms with van der Waals surface area (Å²) in [5, 5.41) is 4.48. The van der Waals surface area contributed by atoms with Crippen LogP contribution in [0, 0.1) is 13.8 Å². The number of rotatable bonds is 6. The summed E-state index contributed by atoms with van der Waals surface area (Å²) >= 11 is 0. The summed E-state index contributed by atoms with van der Waals surface area (Å²) in [5.74, 6) is 0.369. The molecular weight excluding hydrogens is 294 g/mol. The summed E-state index contributed by atoms with van der Waals surface area (Å²) in [5.41, 5.74) is 9.85. The molecule has 0 aliphatic carbocycles. The van der Waals surface area contributed by atoms with Gasteiger partial charge in [0.25, 0.3) is 0 Å². The number of methoxy groups -OCH3 is 2. The summed E-state index contributed by atoms with van der Waals surface area (Å²) in [7, 11) is 2.98. The number of esters is 1. The second-order valence-corrected chi connectivity index (χ2v) is 5.56. The van der Waals surface area contributed by atoms with E-state index in [9.17, 15) is 4.79 Å². The number of aromatic nitrogens is 2. The predicted octanol–water partition coefficient (Wildman–Crippen LogP) is 1.60. The van der Waals surface area contributed by atoms with E-state index in [-0.39, 0.29) is 0 Å². The van der Waals surface area contributed by atoms with Crippen molar-refractivity contribution in [3.8, 4) is 5.75 Å². The standard InChI is InChI=1S/C17H23N3O3/c1-11-7-12(2)20(19-11)10-14-8-13(5-6-16(14)22-3)9-15(18)17(21)23-4/h5-8,15H,9-10,18H2,1-4H3. The van der Waals surface area contributed by atoms with E-state index in [4.69, 9.17) is 10.5 Å². The first kappa shape index (κ1) is 17.0. The number of benzene rings is 1. The Morgan fingerprint density at radius 3 is 2.61 bits per heavy atom. The molecule has 1 aromatic carbocycles. The Morgan fingerprint density at radius 2 is 2.04 bits per heavy atom. The van der Waals surface area contributed by atoms with Crippen molar-refractivity contribution in [2.75, 3.05) is 14.2 Å². The average Bonchev–Trinajstić information content (AvgIpc) is 2.84. The molecule has 23 heavy (non-hydrogen) atoms. The van der Waals surface area contributed by atoms with E-state index in [1.807, 2.05) is 42.8 Å². The molecule has 2 N–H and O–H groups in total. The van der Waals surface area contributed by atoms with Crippen molar-refractivity contribution in [1.29, 1.82) is 0 Å². The van der Waals surface area contributed by atoms with Gasteiger partial charge in [0.15, 0.2) is 0 Å². The second kappa shape index (κ2) is 7.28. The second-order valence-electron chi connectivity index (χ2n) is 5.56. The van der Waals surface area contributed by atoms with Gasteiger partial charge in [0.05, 0.1) is 26.5 Å². The van der Waals surface area contributed by atoms with E-state index in [1.165, 1.54) is 7.11 Å². The molecule has 0 saturated carbocycles. The number of aryl methyl sites for hydroxylation is 2. The van der Waals surface area contributed by atoms with Crippen molar-refractivity contribution in [2.45, 2.75) is 32.9 Å². The molecule has 0 radical (unpaired) electrons. The fraction of sp³-hybridized carbons (Fsp3) is 0.412. The normalized spacial score (nSPS) is 12.0. The Labute approximate surface area is 136 Å². The number of hydrogen-bond donors (Lipinski definition) is 1. The fourth-order valence-corrected chi connectivity index (χ4v) is 2.57. The molecule has 0 bridgehead atoms. The third-order valence-corrected chi connectivity index (χ3v) is 3.73. The maximum absolute atomic E-state index is 11.5. The van der Waals surface area contributed by atoms with Crippen molar-refractivity contribution in [3.05, 3.63) is 46.8 Å². The zero-order valence-corrected chi connectivity index (χ0v) is 14.0. The van der Waals surface area contributed by atoms with Gasteiger partial charge in [0.1, 0.15) is 11.8 Å². The lowest BCUT2D eigenvalue weighted by Gasteiger charge is -2.14. The quantitative estimate of drug-likeness (QED) is 0.819. The van der Waals surface area contributed by atoms with Crippen molar-refractivity contribution < 1.29 is 14.3 Å². The number of hydrogen-bond acceptors (Lipinski definition) is 5. The number of carbonyl (C=O) groups is 1. The largest absolute Gasteiger partial charge is 0.496 e. The van der Waals surface area contributed by atoms with Crippen LogP contribution in [0.4, 0.5) is 0 Å². The smallest absolute Gasteiger partial charge is 0.322 e. The molecule has 1 heterocycles. The lowest BCUT2D eigenvalue weighted by atomic mass is 10.0. The van der Waals surface area contributed by atoms with Gasteiger partial charge in [-0.3, -0.25) is 9.48 Å². The molecule has 6 nitrogen and oxygen atoms in total. The van der Waals surface area contributed by atoms with Gasteiger partial charge in [0.2, 0.25) is 0 Å². The van der Waals surface area contributed by atoms with Crippen LogP contribution in [0.1, 0.15) is 22.5 Å². The van der Waals surface area contributed by atoms with E-state index in [0.29, 0.717) is 13.0 Å². The molecule has 0 amide bonds. The molecule has 0 fully saturated rings. The monoisotopic (exact) mass is 317 g/mol. The molecule has 2 rings (SSSR count). The summed E-state index contributed by atoms with van der Waals surface area (Å²) in [4.78, 5) is 11.5. The van der Waals surface area contributed by atoms with Crippen LogP contribution < -0.4 is 10.5 Å². The summed E-state index contributed by atoms with van der Waals surface area (Å²) in [6, 6.07) is 7.16. The van der Waals surface area contributed by atoms with Crippen LogP contribution in [0.15, 0.2) is 24.3 Å². The zero-order valence-electron chi connectivity index (χ0n) is 14.0. The number of carbonyl (C=O) groups excluding carboxylic acids is 1. The number of nitrogens with zero attached hydrogens (tertiary/aromatic N) is 2. The van der Waals surface area contributed by atoms with Crippen LogP contribution >= 0.6 is 0 Å². The first-order valence-corrected chi connectivity index (χ1v) is 7.45.